The number of H-pyrrole nitrogens is 1. The third kappa shape index (κ3) is 4.24. The van der Waals surface area contributed by atoms with Gasteiger partial charge in [0.2, 0.25) is 0 Å². The number of aliphatic hydroxyl groups is 1. The Morgan fingerprint density at radius 2 is 1.96 bits per heavy atom. The number of aromatic amines is 1. The van der Waals surface area contributed by atoms with Gasteiger partial charge in [0.15, 0.2) is 0 Å². The van der Waals surface area contributed by atoms with Gasteiger partial charge in [0.1, 0.15) is 11.7 Å². The summed E-state index contributed by atoms with van der Waals surface area (Å²) >= 11 is 0. The minimum Gasteiger partial charge on any atom is -0.444 e. The lowest BCUT2D eigenvalue weighted by molar-refractivity contribution is 0.0523. The molecule has 5 nitrogen and oxygen atoms in total. The van der Waals surface area contributed by atoms with Gasteiger partial charge in [0.25, 0.3) is 0 Å². The molecule has 0 fully saturated rings. The molecule has 1 unspecified atom stereocenters. The fourth-order valence-corrected chi connectivity index (χ4v) is 2.86. The first-order valence-electron chi connectivity index (χ1n) is 8.63. The highest BCUT2D eigenvalue weighted by Gasteiger charge is 2.18. The smallest absolute Gasteiger partial charge is 0.407 e. The number of aliphatic hydroxyl groups excluding tert-OH is 1. The monoisotopic (exact) mass is 352 g/mol. The molecule has 0 saturated heterocycles. The van der Waals surface area contributed by atoms with Crippen molar-refractivity contribution in [2.45, 2.75) is 39.0 Å². The van der Waals surface area contributed by atoms with Gasteiger partial charge >= 0.3 is 6.09 Å². The molecule has 0 saturated carbocycles. The molecule has 1 atom stereocenters. The molecule has 0 bridgehead atoms. The van der Waals surface area contributed by atoms with Crippen molar-refractivity contribution in [1.29, 1.82) is 0 Å². The third-order valence-electron chi connectivity index (χ3n) is 4.06. The number of ether oxygens (including phenoxy) is 1. The Hall–Kier alpha value is -2.79. The number of benzene rings is 2. The molecule has 0 aliphatic rings. The molecule has 3 aromatic rings. The number of nitrogens with one attached hydrogen (secondary N) is 2. The number of hydrogen-bond acceptors (Lipinski definition) is 3. The second-order valence-electron chi connectivity index (χ2n) is 7.28. The highest BCUT2D eigenvalue weighted by Crippen LogP contribution is 2.27. The Morgan fingerprint density at radius 1 is 1.19 bits per heavy atom. The van der Waals surface area contributed by atoms with E-state index in [9.17, 15) is 9.90 Å². The lowest BCUT2D eigenvalue weighted by Crippen LogP contribution is -2.32. The van der Waals surface area contributed by atoms with Crippen LogP contribution in [0.15, 0.2) is 54.7 Å². The van der Waals surface area contributed by atoms with Gasteiger partial charge in [0.05, 0.1) is 0 Å². The Labute approximate surface area is 153 Å². The quantitative estimate of drug-likeness (QED) is 0.656. The van der Waals surface area contributed by atoms with Crippen molar-refractivity contribution < 1.29 is 14.6 Å². The van der Waals surface area contributed by atoms with Crippen LogP contribution in [-0.2, 0) is 11.3 Å². The molecule has 0 spiro atoms. The van der Waals surface area contributed by atoms with Crippen LogP contribution >= 0.6 is 0 Å². The van der Waals surface area contributed by atoms with E-state index in [2.05, 4.69) is 10.3 Å². The zero-order valence-corrected chi connectivity index (χ0v) is 15.2. The van der Waals surface area contributed by atoms with Gasteiger partial charge in [-0.3, -0.25) is 0 Å². The maximum atomic E-state index is 11.9. The molecule has 26 heavy (non-hydrogen) atoms. The molecule has 0 radical (unpaired) electrons. The fraction of sp³-hybridized carbons (Fsp3) is 0.286. The van der Waals surface area contributed by atoms with Gasteiger partial charge in [-0.15, -0.1) is 0 Å². The normalized spacial score (nSPS) is 12.8. The maximum Gasteiger partial charge on any atom is 0.407 e. The topological polar surface area (TPSA) is 74.3 Å². The third-order valence-corrected chi connectivity index (χ3v) is 4.06. The zero-order chi connectivity index (χ0) is 18.7. The summed E-state index contributed by atoms with van der Waals surface area (Å²) in [6.07, 6.45) is 0.626. The van der Waals surface area contributed by atoms with E-state index in [0.717, 1.165) is 27.6 Å². The second-order valence-corrected chi connectivity index (χ2v) is 7.28. The Kier molecular flexibility index (Phi) is 5.00. The van der Waals surface area contributed by atoms with Crippen LogP contribution < -0.4 is 5.32 Å². The molecular weight excluding hydrogens is 328 g/mol. The highest BCUT2D eigenvalue weighted by molar-refractivity contribution is 5.80. The maximum absolute atomic E-state index is 11.9. The van der Waals surface area contributed by atoms with Crippen molar-refractivity contribution in [2.75, 3.05) is 0 Å². The van der Waals surface area contributed by atoms with E-state index < -0.39 is 17.8 Å². The van der Waals surface area contributed by atoms with E-state index in [0.29, 0.717) is 0 Å². The summed E-state index contributed by atoms with van der Waals surface area (Å²) < 4.78 is 5.27. The SMILES string of the molecule is CC(C)(C)OC(=O)NCc1ccccc1C(O)c1ccc2[nH]ccc2c1. The Balaban J connectivity index is 1.78. The summed E-state index contributed by atoms with van der Waals surface area (Å²) in [5, 5.41) is 14.7. The molecule has 1 heterocycles. The largest absolute Gasteiger partial charge is 0.444 e. The molecule has 136 valence electrons. The molecular formula is C21H24N2O3. The Bertz CT molecular complexity index is 909. The molecule has 3 N–H and O–H groups in total. The number of rotatable bonds is 4. The standard InChI is InChI=1S/C21H24N2O3/c1-21(2,3)26-20(25)23-13-16-6-4-5-7-17(16)19(24)15-8-9-18-14(12-15)10-11-22-18/h4-12,19,22,24H,13H2,1-3H3,(H,23,25). The molecule has 0 aliphatic heterocycles. The van der Waals surface area contributed by atoms with Crippen LogP contribution in [0.25, 0.3) is 10.9 Å². The number of aromatic nitrogens is 1. The molecule has 1 amide bonds. The number of hydrogen-bond donors (Lipinski definition) is 3. The van der Waals surface area contributed by atoms with Gasteiger partial charge in [-0.2, -0.15) is 0 Å². The predicted molar refractivity (Wildman–Crippen MR) is 102 cm³/mol. The van der Waals surface area contributed by atoms with Crippen molar-refractivity contribution >= 4 is 17.0 Å². The van der Waals surface area contributed by atoms with Crippen molar-refractivity contribution in [3.8, 4) is 0 Å². The lowest BCUT2D eigenvalue weighted by Gasteiger charge is -2.21. The average Bonchev–Trinajstić information content (AvgIpc) is 3.06. The van der Waals surface area contributed by atoms with E-state index in [-0.39, 0.29) is 6.54 Å². The average molecular weight is 352 g/mol. The van der Waals surface area contributed by atoms with Gasteiger partial charge in [-0.25, -0.2) is 4.79 Å². The Morgan fingerprint density at radius 3 is 2.73 bits per heavy atom. The predicted octanol–water partition coefficient (Wildman–Crippen LogP) is 4.27. The summed E-state index contributed by atoms with van der Waals surface area (Å²) in [5.41, 5.74) is 2.90. The molecule has 5 heteroatoms. The van der Waals surface area contributed by atoms with E-state index in [1.165, 1.54) is 0 Å². The second kappa shape index (κ2) is 7.22. The van der Waals surface area contributed by atoms with Gasteiger partial charge in [-0.1, -0.05) is 30.3 Å². The van der Waals surface area contributed by atoms with Crippen LogP contribution in [-0.4, -0.2) is 21.8 Å². The molecule has 1 aromatic heterocycles. The minimum atomic E-state index is -0.772. The van der Waals surface area contributed by atoms with Crippen molar-refractivity contribution in [2.24, 2.45) is 0 Å². The van der Waals surface area contributed by atoms with Crippen LogP contribution in [0.3, 0.4) is 0 Å². The fourth-order valence-electron chi connectivity index (χ4n) is 2.86. The van der Waals surface area contributed by atoms with Crippen LogP contribution in [0.4, 0.5) is 4.79 Å². The van der Waals surface area contributed by atoms with Crippen LogP contribution in [0.5, 0.6) is 0 Å². The first-order valence-corrected chi connectivity index (χ1v) is 8.63. The van der Waals surface area contributed by atoms with Crippen LogP contribution in [0.1, 0.15) is 43.6 Å². The number of alkyl carbamates (subject to hydrolysis) is 1. The van der Waals surface area contributed by atoms with E-state index >= 15 is 0 Å². The minimum absolute atomic E-state index is 0.286. The highest BCUT2D eigenvalue weighted by atomic mass is 16.6. The lowest BCUT2D eigenvalue weighted by atomic mass is 9.96. The molecule has 3 rings (SSSR count). The number of carbonyl (C=O) groups is 1. The molecule has 2 aromatic carbocycles. The van der Waals surface area contributed by atoms with E-state index in [1.54, 1.807) is 0 Å². The first-order chi connectivity index (χ1) is 12.3. The van der Waals surface area contributed by atoms with Crippen LogP contribution in [0.2, 0.25) is 0 Å². The summed E-state index contributed by atoms with van der Waals surface area (Å²) in [4.78, 5) is 15.0. The van der Waals surface area contributed by atoms with Crippen LogP contribution in [0, 0.1) is 0 Å². The van der Waals surface area contributed by atoms with Gasteiger partial charge in [-0.05, 0) is 61.0 Å². The van der Waals surface area contributed by atoms with Crippen molar-refractivity contribution in [3.05, 3.63) is 71.4 Å². The van der Waals surface area contributed by atoms with Crippen molar-refractivity contribution in [3.63, 3.8) is 0 Å². The van der Waals surface area contributed by atoms with Crippen molar-refractivity contribution in [1.82, 2.24) is 10.3 Å². The van der Waals surface area contributed by atoms with Gasteiger partial charge < -0.3 is 20.1 Å². The summed E-state index contributed by atoms with van der Waals surface area (Å²) in [5.74, 6) is 0. The summed E-state index contributed by atoms with van der Waals surface area (Å²) in [7, 11) is 0. The number of fused-ring (bicyclic) bond motifs is 1. The summed E-state index contributed by atoms with van der Waals surface area (Å²) in [6, 6.07) is 15.3. The number of carbonyl (C=O) groups excluding carboxylic acids is 1. The zero-order valence-electron chi connectivity index (χ0n) is 15.2. The first kappa shape index (κ1) is 18.0. The number of amides is 1. The van der Waals surface area contributed by atoms with E-state index in [1.807, 2.05) is 75.5 Å². The van der Waals surface area contributed by atoms with Gasteiger partial charge in [0, 0.05) is 18.3 Å². The van der Waals surface area contributed by atoms with E-state index in [4.69, 9.17) is 4.74 Å². The molecule has 0 aliphatic carbocycles. The summed E-state index contributed by atoms with van der Waals surface area (Å²) in [6.45, 7) is 5.75.